The number of nitrogens with one attached hydrogen (secondary N) is 1. The van der Waals surface area contributed by atoms with Crippen LogP contribution in [0.4, 0.5) is 0 Å². The SMILES string of the molecule is CCNC(/C1=C/CCCCCC1)c1cscc1C. The fourth-order valence-corrected chi connectivity index (χ4v) is 3.67. The fraction of sp³-hybridized carbons (Fsp3) is 0.625. The van der Waals surface area contributed by atoms with Gasteiger partial charge in [-0.15, -0.1) is 0 Å². The zero-order valence-electron chi connectivity index (χ0n) is 11.7. The van der Waals surface area contributed by atoms with E-state index in [2.05, 4.69) is 36.0 Å². The van der Waals surface area contributed by atoms with E-state index in [1.54, 1.807) is 5.57 Å². The number of hydrogen-bond donors (Lipinski definition) is 1. The predicted octanol–water partition coefficient (Wildman–Crippen LogP) is 4.99. The molecule has 0 saturated carbocycles. The monoisotopic (exact) mass is 263 g/mol. The van der Waals surface area contributed by atoms with Crippen molar-refractivity contribution in [2.24, 2.45) is 0 Å². The standard InChI is InChI=1S/C16H25NS/c1-3-17-16(15-12-18-11-13(15)2)14-9-7-5-4-6-8-10-14/h9,11-12,16-17H,3-8,10H2,1-2H3/b14-9+. The van der Waals surface area contributed by atoms with Gasteiger partial charge in [-0.05, 0) is 61.0 Å². The summed E-state index contributed by atoms with van der Waals surface area (Å²) in [5.74, 6) is 0. The second-order valence-corrected chi connectivity index (χ2v) is 5.98. The maximum absolute atomic E-state index is 3.68. The second kappa shape index (κ2) is 7.10. The third kappa shape index (κ3) is 3.46. The summed E-state index contributed by atoms with van der Waals surface area (Å²) in [5.41, 5.74) is 4.56. The molecule has 0 bridgehead atoms. The Morgan fingerprint density at radius 2 is 2.06 bits per heavy atom. The largest absolute Gasteiger partial charge is 0.307 e. The summed E-state index contributed by atoms with van der Waals surface area (Å²) in [6.45, 7) is 5.48. The second-order valence-electron chi connectivity index (χ2n) is 5.23. The topological polar surface area (TPSA) is 12.0 Å². The molecule has 1 unspecified atom stereocenters. The Labute approximate surface area is 115 Å². The van der Waals surface area contributed by atoms with Crippen LogP contribution < -0.4 is 5.32 Å². The molecule has 0 aliphatic heterocycles. The van der Waals surface area contributed by atoms with Crippen molar-refractivity contribution < 1.29 is 0 Å². The Balaban J connectivity index is 2.20. The van der Waals surface area contributed by atoms with Crippen molar-refractivity contribution >= 4 is 11.3 Å². The summed E-state index contributed by atoms with van der Waals surface area (Å²) < 4.78 is 0. The molecular formula is C16H25NS. The first-order valence-corrected chi connectivity index (χ1v) is 8.22. The van der Waals surface area contributed by atoms with Crippen molar-refractivity contribution in [1.82, 2.24) is 5.32 Å². The van der Waals surface area contributed by atoms with Gasteiger partial charge in [-0.1, -0.05) is 31.4 Å². The van der Waals surface area contributed by atoms with E-state index in [1.165, 1.54) is 49.7 Å². The molecule has 1 atom stereocenters. The molecule has 1 aromatic heterocycles. The lowest BCUT2D eigenvalue weighted by molar-refractivity contribution is 0.553. The maximum atomic E-state index is 3.68. The highest BCUT2D eigenvalue weighted by molar-refractivity contribution is 7.08. The highest BCUT2D eigenvalue weighted by Crippen LogP contribution is 2.32. The van der Waals surface area contributed by atoms with Crippen molar-refractivity contribution in [2.45, 2.75) is 58.4 Å². The highest BCUT2D eigenvalue weighted by Gasteiger charge is 2.18. The minimum atomic E-state index is 0.458. The minimum Gasteiger partial charge on any atom is -0.307 e. The number of aryl methyl sites for hydroxylation is 1. The zero-order chi connectivity index (χ0) is 12.8. The summed E-state index contributed by atoms with van der Waals surface area (Å²) in [7, 11) is 0. The molecule has 1 nitrogen and oxygen atoms in total. The van der Waals surface area contributed by atoms with Gasteiger partial charge in [0.2, 0.25) is 0 Å². The van der Waals surface area contributed by atoms with Gasteiger partial charge in [0, 0.05) is 0 Å². The van der Waals surface area contributed by atoms with Crippen LogP contribution in [-0.4, -0.2) is 6.54 Å². The first kappa shape index (κ1) is 13.8. The normalized spacial score (nSPS) is 21.8. The average Bonchev–Trinajstić information content (AvgIpc) is 2.73. The molecule has 0 fully saturated rings. The van der Waals surface area contributed by atoms with Crippen molar-refractivity contribution in [3.05, 3.63) is 33.5 Å². The van der Waals surface area contributed by atoms with E-state index in [0.717, 1.165) is 6.54 Å². The van der Waals surface area contributed by atoms with Crippen LogP contribution in [0.15, 0.2) is 22.4 Å². The summed E-state index contributed by atoms with van der Waals surface area (Å²) in [6.07, 6.45) is 10.6. The number of rotatable bonds is 4. The fourth-order valence-electron chi connectivity index (χ4n) is 2.79. The van der Waals surface area contributed by atoms with Gasteiger partial charge in [0.25, 0.3) is 0 Å². The van der Waals surface area contributed by atoms with Gasteiger partial charge in [0.05, 0.1) is 6.04 Å². The third-order valence-electron chi connectivity index (χ3n) is 3.81. The van der Waals surface area contributed by atoms with Gasteiger partial charge < -0.3 is 5.32 Å². The van der Waals surface area contributed by atoms with Crippen molar-refractivity contribution in [3.63, 3.8) is 0 Å². The maximum Gasteiger partial charge on any atom is 0.0546 e. The lowest BCUT2D eigenvalue weighted by Crippen LogP contribution is -2.23. The predicted molar refractivity (Wildman–Crippen MR) is 81.3 cm³/mol. The smallest absolute Gasteiger partial charge is 0.0546 e. The number of thiophene rings is 1. The Morgan fingerprint density at radius 3 is 2.78 bits per heavy atom. The van der Waals surface area contributed by atoms with Crippen LogP contribution in [0.3, 0.4) is 0 Å². The molecule has 0 aromatic carbocycles. The van der Waals surface area contributed by atoms with Crippen LogP contribution in [0, 0.1) is 6.92 Å². The van der Waals surface area contributed by atoms with Gasteiger partial charge >= 0.3 is 0 Å². The third-order valence-corrected chi connectivity index (χ3v) is 4.69. The first-order valence-electron chi connectivity index (χ1n) is 7.28. The van der Waals surface area contributed by atoms with Crippen LogP contribution in [0.5, 0.6) is 0 Å². The van der Waals surface area contributed by atoms with Gasteiger partial charge in [0.15, 0.2) is 0 Å². The molecular weight excluding hydrogens is 238 g/mol. The van der Waals surface area contributed by atoms with Crippen LogP contribution in [-0.2, 0) is 0 Å². The zero-order valence-corrected chi connectivity index (χ0v) is 12.5. The lowest BCUT2D eigenvalue weighted by atomic mass is 9.91. The van der Waals surface area contributed by atoms with Gasteiger partial charge in [0.1, 0.15) is 0 Å². The van der Waals surface area contributed by atoms with E-state index in [-0.39, 0.29) is 0 Å². The molecule has 1 aromatic rings. The molecule has 0 spiro atoms. The Bertz CT molecular complexity index is 392. The van der Waals surface area contributed by atoms with E-state index < -0.39 is 0 Å². The van der Waals surface area contributed by atoms with Crippen molar-refractivity contribution in [2.75, 3.05) is 6.54 Å². The molecule has 1 aliphatic carbocycles. The molecule has 0 radical (unpaired) electrons. The van der Waals surface area contributed by atoms with Gasteiger partial charge in [-0.25, -0.2) is 0 Å². The molecule has 100 valence electrons. The summed E-state index contributed by atoms with van der Waals surface area (Å²) in [5, 5.41) is 8.27. The number of hydrogen-bond acceptors (Lipinski definition) is 2. The first-order chi connectivity index (χ1) is 8.83. The summed E-state index contributed by atoms with van der Waals surface area (Å²) in [6, 6.07) is 0.458. The number of allylic oxidation sites excluding steroid dienone is 1. The van der Waals surface area contributed by atoms with E-state index in [0.29, 0.717) is 6.04 Å². The van der Waals surface area contributed by atoms with Crippen LogP contribution in [0.2, 0.25) is 0 Å². The highest BCUT2D eigenvalue weighted by atomic mass is 32.1. The summed E-state index contributed by atoms with van der Waals surface area (Å²) >= 11 is 1.83. The Kier molecular flexibility index (Phi) is 5.45. The molecule has 0 amide bonds. The molecule has 1 aliphatic rings. The number of likely N-dealkylation sites (N-methyl/N-ethyl adjacent to an activating group) is 1. The summed E-state index contributed by atoms with van der Waals surface area (Å²) in [4.78, 5) is 0. The molecule has 0 saturated heterocycles. The Hall–Kier alpha value is -0.600. The van der Waals surface area contributed by atoms with Crippen LogP contribution in [0.1, 0.15) is 62.6 Å². The molecule has 2 heteroatoms. The molecule has 1 heterocycles. The van der Waals surface area contributed by atoms with Gasteiger partial charge in [-0.3, -0.25) is 0 Å². The van der Waals surface area contributed by atoms with Crippen molar-refractivity contribution in [1.29, 1.82) is 0 Å². The molecule has 2 rings (SSSR count). The quantitative estimate of drug-likeness (QED) is 0.755. The van der Waals surface area contributed by atoms with E-state index in [4.69, 9.17) is 0 Å². The van der Waals surface area contributed by atoms with Gasteiger partial charge in [-0.2, -0.15) is 11.3 Å². The van der Waals surface area contributed by atoms with Crippen LogP contribution >= 0.6 is 11.3 Å². The average molecular weight is 263 g/mol. The van der Waals surface area contributed by atoms with E-state index in [9.17, 15) is 0 Å². The van der Waals surface area contributed by atoms with E-state index >= 15 is 0 Å². The van der Waals surface area contributed by atoms with Crippen molar-refractivity contribution in [3.8, 4) is 0 Å². The molecule has 18 heavy (non-hydrogen) atoms. The van der Waals surface area contributed by atoms with E-state index in [1.807, 2.05) is 11.3 Å². The Morgan fingerprint density at radius 1 is 1.22 bits per heavy atom. The van der Waals surface area contributed by atoms with Crippen LogP contribution in [0.25, 0.3) is 0 Å². The lowest BCUT2D eigenvalue weighted by Gasteiger charge is -2.23. The minimum absolute atomic E-state index is 0.458. The molecule has 1 N–H and O–H groups in total.